The van der Waals surface area contributed by atoms with Gasteiger partial charge in [-0.25, -0.2) is 0 Å². The Hall–Kier alpha value is -1.96. The number of aliphatic hydroxyl groups is 2. The minimum Gasteiger partial charge on any atom is -0.491 e. The average Bonchev–Trinajstić information content (AvgIpc) is 2.87. The van der Waals surface area contributed by atoms with Crippen molar-refractivity contribution in [2.24, 2.45) is 5.84 Å². The predicted molar refractivity (Wildman–Crippen MR) is 134 cm³/mol. The van der Waals surface area contributed by atoms with Gasteiger partial charge in [-0.2, -0.15) is 0 Å². The molecule has 11 nitrogen and oxygen atoms in total. The molecular weight excluding hydrogens is 470 g/mol. The molecule has 1 aliphatic rings. The summed E-state index contributed by atoms with van der Waals surface area (Å²) in [5, 5.41) is 22.2. The van der Waals surface area contributed by atoms with E-state index in [9.17, 15) is 10.2 Å². The lowest BCUT2D eigenvalue weighted by Gasteiger charge is -2.32. The van der Waals surface area contributed by atoms with Crippen molar-refractivity contribution in [1.82, 2.24) is 10.7 Å². The number of nitrogens with two attached hydrogens (primary N) is 1. The SMILES string of the molecule is C/C(=C/NN)NCCOCCOCCOCCOc1ccc(CCOC2CC(O)CC(CO)O2)cc1. The van der Waals surface area contributed by atoms with Gasteiger partial charge in [0.15, 0.2) is 6.29 Å². The van der Waals surface area contributed by atoms with Crippen LogP contribution in [0, 0.1) is 0 Å². The van der Waals surface area contributed by atoms with Crippen LogP contribution in [0.25, 0.3) is 0 Å². The molecule has 206 valence electrons. The van der Waals surface area contributed by atoms with Gasteiger partial charge in [0.1, 0.15) is 12.4 Å². The second kappa shape index (κ2) is 19.2. The highest BCUT2D eigenvalue weighted by Crippen LogP contribution is 2.20. The molecule has 0 aromatic heterocycles. The van der Waals surface area contributed by atoms with E-state index in [0.29, 0.717) is 78.7 Å². The summed E-state index contributed by atoms with van der Waals surface area (Å²) in [5.74, 6) is 5.97. The summed E-state index contributed by atoms with van der Waals surface area (Å²) in [6.45, 7) is 6.58. The van der Waals surface area contributed by atoms with E-state index in [-0.39, 0.29) is 12.7 Å². The highest BCUT2D eigenvalue weighted by atomic mass is 16.7. The summed E-state index contributed by atoms with van der Waals surface area (Å²) in [6.07, 6.45) is 1.92. The van der Waals surface area contributed by atoms with Crippen LogP contribution in [-0.2, 0) is 30.1 Å². The van der Waals surface area contributed by atoms with Gasteiger partial charge >= 0.3 is 0 Å². The first-order valence-corrected chi connectivity index (χ1v) is 12.5. The lowest BCUT2D eigenvalue weighted by atomic mass is 10.1. The second-order valence-corrected chi connectivity index (χ2v) is 8.37. The molecule has 1 aliphatic heterocycles. The molecule has 36 heavy (non-hydrogen) atoms. The average molecular weight is 514 g/mol. The number of benzene rings is 1. The summed E-state index contributed by atoms with van der Waals surface area (Å²) in [7, 11) is 0. The summed E-state index contributed by atoms with van der Waals surface area (Å²) >= 11 is 0. The molecule has 1 saturated heterocycles. The van der Waals surface area contributed by atoms with Crippen LogP contribution in [0.4, 0.5) is 0 Å². The number of hydrogen-bond acceptors (Lipinski definition) is 11. The fourth-order valence-electron chi connectivity index (χ4n) is 3.49. The van der Waals surface area contributed by atoms with Crippen LogP contribution in [0.5, 0.6) is 5.75 Å². The Kier molecular flexibility index (Phi) is 16.1. The van der Waals surface area contributed by atoms with Crippen molar-refractivity contribution in [3.05, 3.63) is 41.7 Å². The van der Waals surface area contributed by atoms with Gasteiger partial charge in [-0.15, -0.1) is 0 Å². The maximum Gasteiger partial charge on any atom is 0.160 e. The third kappa shape index (κ3) is 14.0. The highest BCUT2D eigenvalue weighted by Gasteiger charge is 2.28. The van der Waals surface area contributed by atoms with Crippen LogP contribution in [0.1, 0.15) is 25.3 Å². The molecule has 3 atom stereocenters. The quantitative estimate of drug-likeness (QED) is 0.0941. The maximum absolute atomic E-state index is 9.83. The Balaban J connectivity index is 1.41. The zero-order chi connectivity index (χ0) is 25.8. The van der Waals surface area contributed by atoms with Gasteiger partial charge in [0.25, 0.3) is 0 Å². The van der Waals surface area contributed by atoms with Crippen LogP contribution >= 0.6 is 0 Å². The second-order valence-electron chi connectivity index (χ2n) is 8.37. The standard InChI is InChI=1S/C25H43N3O8/c1-20(18-28-26)27-7-9-31-10-11-32-12-13-33-14-15-34-23-4-2-21(3-5-23)6-8-35-25-17-22(30)16-24(19-29)36-25/h2-5,18,22,24-25,27-30H,6-17,19,26H2,1H3/b20-18-. The van der Waals surface area contributed by atoms with Gasteiger partial charge in [0, 0.05) is 31.3 Å². The van der Waals surface area contributed by atoms with Crippen molar-refractivity contribution in [2.45, 2.75) is 44.7 Å². The number of nitrogens with one attached hydrogen (secondary N) is 2. The number of aliphatic hydroxyl groups excluding tert-OH is 2. The van der Waals surface area contributed by atoms with Gasteiger partial charge < -0.3 is 49.4 Å². The Morgan fingerprint density at radius 3 is 2.33 bits per heavy atom. The lowest BCUT2D eigenvalue weighted by Crippen LogP contribution is -2.39. The maximum atomic E-state index is 9.83. The van der Waals surface area contributed by atoms with E-state index >= 15 is 0 Å². The summed E-state index contributed by atoms with van der Waals surface area (Å²) in [6, 6.07) is 7.83. The number of hydrogen-bond donors (Lipinski definition) is 5. The third-order valence-electron chi connectivity index (χ3n) is 5.36. The molecule has 3 unspecified atom stereocenters. The molecule has 1 fully saturated rings. The summed E-state index contributed by atoms with van der Waals surface area (Å²) < 4.78 is 33.5. The molecule has 0 amide bonds. The van der Waals surface area contributed by atoms with Crippen molar-refractivity contribution < 1.29 is 38.6 Å². The van der Waals surface area contributed by atoms with Crippen LogP contribution < -0.4 is 21.3 Å². The van der Waals surface area contributed by atoms with E-state index in [0.717, 1.165) is 17.0 Å². The van der Waals surface area contributed by atoms with E-state index in [4.69, 9.17) is 34.3 Å². The molecular formula is C25H43N3O8. The van der Waals surface area contributed by atoms with E-state index in [1.165, 1.54) is 0 Å². The Labute approximate surface area is 213 Å². The van der Waals surface area contributed by atoms with E-state index < -0.39 is 12.4 Å². The predicted octanol–water partition coefficient (Wildman–Crippen LogP) is 0.447. The monoisotopic (exact) mass is 513 g/mol. The molecule has 1 aromatic rings. The van der Waals surface area contributed by atoms with Crippen LogP contribution in [0.2, 0.25) is 0 Å². The number of allylic oxidation sites excluding steroid dienone is 1. The molecule has 0 bridgehead atoms. The topological polar surface area (TPSA) is 146 Å². The molecule has 0 radical (unpaired) electrons. The molecule has 0 saturated carbocycles. The number of ether oxygens (including phenoxy) is 6. The molecule has 11 heteroatoms. The number of hydrazine groups is 1. The third-order valence-corrected chi connectivity index (χ3v) is 5.36. The summed E-state index contributed by atoms with van der Waals surface area (Å²) in [4.78, 5) is 0. The van der Waals surface area contributed by atoms with Crippen LogP contribution in [0.3, 0.4) is 0 Å². The van der Waals surface area contributed by atoms with Gasteiger partial charge in [0.05, 0.1) is 65.1 Å². The molecule has 1 heterocycles. The molecule has 6 N–H and O–H groups in total. The molecule has 0 aliphatic carbocycles. The van der Waals surface area contributed by atoms with E-state index in [1.54, 1.807) is 6.20 Å². The van der Waals surface area contributed by atoms with Gasteiger partial charge in [0.2, 0.25) is 0 Å². The van der Waals surface area contributed by atoms with Crippen molar-refractivity contribution in [3.63, 3.8) is 0 Å². The zero-order valence-electron chi connectivity index (χ0n) is 21.2. The lowest BCUT2D eigenvalue weighted by molar-refractivity contribution is -0.221. The van der Waals surface area contributed by atoms with Crippen molar-refractivity contribution in [1.29, 1.82) is 0 Å². The van der Waals surface area contributed by atoms with E-state index in [1.807, 2.05) is 31.2 Å². The van der Waals surface area contributed by atoms with Crippen LogP contribution in [0.15, 0.2) is 36.2 Å². The fraction of sp³-hybridized carbons (Fsp3) is 0.680. The highest BCUT2D eigenvalue weighted by molar-refractivity contribution is 5.27. The Morgan fingerprint density at radius 2 is 1.67 bits per heavy atom. The molecule has 1 aromatic carbocycles. The summed E-state index contributed by atoms with van der Waals surface area (Å²) in [5.41, 5.74) is 4.53. The first-order chi connectivity index (χ1) is 17.6. The van der Waals surface area contributed by atoms with E-state index in [2.05, 4.69) is 10.7 Å². The van der Waals surface area contributed by atoms with Gasteiger partial charge in [-0.1, -0.05) is 12.1 Å². The molecule has 2 rings (SSSR count). The van der Waals surface area contributed by atoms with Gasteiger partial charge in [-0.3, -0.25) is 5.84 Å². The zero-order valence-corrected chi connectivity index (χ0v) is 21.2. The molecule has 0 spiro atoms. The van der Waals surface area contributed by atoms with Gasteiger partial charge in [-0.05, 0) is 31.0 Å². The minimum atomic E-state index is -0.501. The van der Waals surface area contributed by atoms with Crippen molar-refractivity contribution in [3.8, 4) is 5.75 Å². The minimum absolute atomic E-state index is 0.113. The first-order valence-electron chi connectivity index (χ1n) is 12.5. The van der Waals surface area contributed by atoms with Crippen molar-refractivity contribution in [2.75, 3.05) is 66.0 Å². The normalized spacial score (nSPS) is 20.3. The smallest absolute Gasteiger partial charge is 0.160 e. The first kappa shape index (κ1) is 30.3. The van der Waals surface area contributed by atoms with Crippen LogP contribution in [-0.4, -0.2) is 94.7 Å². The largest absolute Gasteiger partial charge is 0.491 e. The van der Waals surface area contributed by atoms with Crippen molar-refractivity contribution >= 4 is 0 Å². The Morgan fingerprint density at radius 1 is 1.00 bits per heavy atom. The Bertz CT molecular complexity index is 707. The number of rotatable bonds is 20. The fourth-order valence-corrected chi connectivity index (χ4v) is 3.49.